The van der Waals surface area contributed by atoms with Gasteiger partial charge in [0.05, 0.1) is 11.8 Å². The number of nitrogens with zero attached hydrogens (tertiary/aromatic N) is 2. The number of carbonyl (C=O) groups excluding carboxylic acids is 1. The van der Waals surface area contributed by atoms with Crippen molar-refractivity contribution in [1.29, 1.82) is 0 Å². The van der Waals surface area contributed by atoms with Gasteiger partial charge in [0.25, 0.3) is 5.78 Å². The summed E-state index contributed by atoms with van der Waals surface area (Å²) >= 11 is 0. The number of carboxylic acid groups (broad SMARTS) is 1. The zero-order chi connectivity index (χ0) is 10.0. The van der Waals surface area contributed by atoms with Crippen molar-refractivity contribution in [3.8, 4) is 0 Å². The van der Waals surface area contributed by atoms with Crippen molar-refractivity contribution < 1.29 is 14.7 Å². The molecule has 0 spiro atoms. The van der Waals surface area contributed by atoms with Crippen LogP contribution in [0.5, 0.6) is 0 Å². The van der Waals surface area contributed by atoms with Crippen LogP contribution in [-0.4, -0.2) is 26.6 Å². The van der Waals surface area contributed by atoms with Crippen molar-refractivity contribution in [3.63, 3.8) is 0 Å². The Kier molecular flexibility index (Phi) is 2.46. The van der Waals surface area contributed by atoms with Gasteiger partial charge in [0.1, 0.15) is 0 Å². The predicted molar refractivity (Wildman–Crippen MR) is 44.6 cm³/mol. The summed E-state index contributed by atoms with van der Waals surface area (Å²) in [5.74, 6) is -2.38. The van der Waals surface area contributed by atoms with E-state index in [9.17, 15) is 9.59 Å². The molecule has 0 aromatic carbocycles. The zero-order valence-electron chi connectivity index (χ0n) is 7.39. The summed E-state index contributed by atoms with van der Waals surface area (Å²) in [6, 6.07) is 0.121. The van der Waals surface area contributed by atoms with Gasteiger partial charge in [0.15, 0.2) is 0 Å². The first-order valence-corrected chi connectivity index (χ1v) is 3.84. The minimum absolute atomic E-state index is 0.112. The van der Waals surface area contributed by atoms with Gasteiger partial charge in [-0.1, -0.05) is 0 Å². The molecule has 13 heavy (non-hydrogen) atoms. The van der Waals surface area contributed by atoms with Crippen LogP contribution in [0.3, 0.4) is 0 Å². The van der Waals surface area contributed by atoms with Crippen molar-refractivity contribution >= 4 is 11.8 Å². The van der Waals surface area contributed by atoms with Gasteiger partial charge in [0, 0.05) is 12.2 Å². The average Bonchev–Trinajstić information content (AvgIpc) is 2.50. The van der Waals surface area contributed by atoms with Gasteiger partial charge in [-0.05, 0) is 13.8 Å². The molecular weight excluding hydrogens is 172 g/mol. The van der Waals surface area contributed by atoms with E-state index >= 15 is 0 Å². The van der Waals surface area contributed by atoms with E-state index in [1.807, 2.05) is 13.8 Å². The highest BCUT2D eigenvalue weighted by Gasteiger charge is 2.16. The summed E-state index contributed by atoms with van der Waals surface area (Å²) in [6.07, 6.45) is 2.69. The number of aliphatic carboxylic acids is 1. The molecule has 1 aromatic rings. The van der Waals surface area contributed by atoms with Crippen LogP contribution in [0.1, 0.15) is 30.2 Å². The number of hydrogen-bond acceptors (Lipinski definition) is 3. The molecule has 0 bridgehead atoms. The van der Waals surface area contributed by atoms with Gasteiger partial charge >= 0.3 is 5.97 Å². The molecule has 0 saturated carbocycles. The van der Waals surface area contributed by atoms with Gasteiger partial charge in [-0.3, -0.25) is 9.48 Å². The summed E-state index contributed by atoms with van der Waals surface area (Å²) in [4.78, 5) is 21.2. The van der Waals surface area contributed by atoms with E-state index in [0.717, 1.165) is 0 Å². The van der Waals surface area contributed by atoms with E-state index in [0.29, 0.717) is 0 Å². The monoisotopic (exact) mass is 182 g/mol. The van der Waals surface area contributed by atoms with Gasteiger partial charge in [0.2, 0.25) is 0 Å². The van der Waals surface area contributed by atoms with Crippen molar-refractivity contribution in [2.24, 2.45) is 0 Å². The molecule has 5 heteroatoms. The smallest absolute Gasteiger partial charge is 0.377 e. The van der Waals surface area contributed by atoms with Gasteiger partial charge in [-0.2, -0.15) is 5.10 Å². The highest BCUT2D eigenvalue weighted by atomic mass is 16.4. The zero-order valence-corrected chi connectivity index (χ0v) is 7.39. The van der Waals surface area contributed by atoms with Crippen LogP contribution >= 0.6 is 0 Å². The number of hydrogen-bond donors (Lipinski definition) is 1. The topological polar surface area (TPSA) is 72.2 Å². The fourth-order valence-electron chi connectivity index (χ4n) is 0.861. The number of carbonyl (C=O) groups is 2. The Hall–Kier alpha value is -1.65. The van der Waals surface area contributed by atoms with Crippen molar-refractivity contribution in [2.75, 3.05) is 0 Å². The molecule has 0 fully saturated rings. The van der Waals surface area contributed by atoms with E-state index < -0.39 is 11.8 Å². The molecule has 0 unspecified atom stereocenters. The minimum Gasteiger partial charge on any atom is -0.475 e. The molecule has 0 atom stereocenters. The van der Waals surface area contributed by atoms with Crippen LogP contribution in [0.2, 0.25) is 0 Å². The van der Waals surface area contributed by atoms with Gasteiger partial charge in [-0.15, -0.1) is 0 Å². The number of rotatable bonds is 3. The summed E-state index contributed by atoms with van der Waals surface area (Å²) in [5, 5.41) is 12.2. The van der Waals surface area contributed by atoms with E-state index in [4.69, 9.17) is 5.11 Å². The first-order valence-electron chi connectivity index (χ1n) is 3.84. The molecule has 0 aliphatic heterocycles. The molecule has 0 amide bonds. The normalized spacial score (nSPS) is 10.4. The second-order valence-electron chi connectivity index (χ2n) is 2.94. The lowest BCUT2D eigenvalue weighted by Gasteiger charge is -2.02. The number of carboxylic acids is 1. The van der Waals surface area contributed by atoms with E-state index in [1.54, 1.807) is 0 Å². The molecule has 5 nitrogen and oxygen atoms in total. The lowest BCUT2D eigenvalue weighted by molar-refractivity contribution is -0.131. The van der Waals surface area contributed by atoms with Crippen LogP contribution in [0.25, 0.3) is 0 Å². The third-order valence-electron chi connectivity index (χ3n) is 1.59. The van der Waals surface area contributed by atoms with Crippen molar-refractivity contribution in [3.05, 3.63) is 18.0 Å². The maximum Gasteiger partial charge on any atom is 0.377 e. The predicted octanol–water partition coefficient (Wildman–Crippen LogP) is 0.731. The highest BCUT2D eigenvalue weighted by molar-refractivity contribution is 6.39. The van der Waals surface area contributed by atoms with Crippen molar-refractivity contribution in [1.82, 2.24) is 9.78 Å². The molecule has 1 rings (SSSR count). The fourth-order valence-corrected chi connectivity index (χ4v) is 0.861. The minimum atomic E-state index is -1.46. The highest BCUT2D eigenvalue weighted by Crippen LogP contribution is 2.05. The summed E-state index contributed by atoms with van der Waals surface area (Å²) in [7, 11) is 0. The maximum absolute atomic E-state index is 10.9. The van der Waals surface area contributed by atoms with E-state index in [2.05, 4.69) is 5.10 Å². The first-order chi connectivity index (χ1) is 6.02. The summed E-state index contributed by atoms with van der Waals surface area (Å²) in [6.45, 7) is 3.78. The molecule has 1 N–H and O–H groups in total. The summed E-state index contributed by atoms with van der Waals surface area (Å²) in [5.41, 5.74) is 0.112. The third kappa shape index (κ3) is 1.93. The van der Waals surface area contributed by atoms with Crippen LogP contribution in [0.15, 0.2) is 12.4 Å². The van der Waals surface area contributed by atoms with Crippen LogP contribution < -0.4 is 0 Å². The van der Waals surface area contributed by atoms with E-state index in [-0.39, 0.29) is 11.6 Å². The fraction of sp³-hybridized carbons (Fsp3) is 0.375. The quantitative estimate of drug-likeness (QED) is 0.552. The molecule has 1 heterocycles. The van der Waals surface area contributed by atoms with Gasteiger partial charge < -0.3 is 5.11 Å². The van der Waals surface area contributed by atoms with Crippen LogP contribution in [-0.2, 0) is 4.79 Å². The Balaban J connectivity index is 2.92. The first kappa shape index (κ1) is 9.44. The number of aromatic nitrogens is 2. The van der Waals surface area contributed by atoms with Crippen LogP contribution in [0, 0.1) is 0 Å². The third-order valence-corrected chi connectivity index (χ3v) is 1.59. The molecular formula is C8H10N2O3. The molecule has 0 radical (unpaired) electrons. The Labute approximate surface area is 75.0 Å². The van der Waals surface area contributed by atoms with Crippen molar-refractivity contribution in [2.45, 2.75) is 19.9 Å². The maximum atomic E-state index is 10.9. The largest absolute Gasteiger partial charge is 0.475 e. The standard InChI is InChI=1S/C8H10N2O3/c1-5(2)10-4-6(3-9-10)7(11)8(12)13/h3-5H,1-2H3,(H,12,13). The lowest BCUT2D eigenvalue weighted by atomic mass is 10.2. The molecule has 0 aliphatic carbocycles. The summed E-state index contributed by atoms with van der Waals surface area (Å²) < 4.78 is 1.54. The SMILES string of the molecule is CC(C)n1cc(C(=O)C(=O)O)cn1. The number of ketones is 1. The van der Waals surface area contributed by atoms with Gasteiger partial charge in [-0.25, -0.2) is 4.79 Å². The number of Topliss-reactive ketones (excluding diaryl/α,β-unsaturated/α-hetero) is 1. The second-order valence-corrected chi connectivity index (χ2v) is 2.94. The Morgan fingerprint density at radius 3 is 2.54 bits per heavy atom. The van der Waals surface area contributed by atoms with E-state index in [1.165, 1.54) is 17.1 Å². The Morgan fingerprint density at radius 1 is 1.54 bits per heavy atom. The molecule has 0 aliphatic rings. The average molecular weight is 182 g/mol. The Morgan fingerprint density at radius 2 is 2.15 bits per heavy atom. The molecule has 1 aromatic heterocycles. The molecule has 0 saturated heterocycles. The second kappa shape index (κ2) is 3.38. The molecule has 70 valence electrons. The van der Waals surface area contributed by atoms with Crippen LogP contribution in [0.4, 0.5) is 0 Å². The lowest BCUT2D eigenvalue weighted by Crippen LogP contribution is -2.11. The Bertz CT molecular complexity index is 341.